The summed E-state index contributed by atoms with van der Waals surface area (Å²) in [6.07, 6.45) is 3.94. The quantitative estimate of drug-likeness (QED) is 0.745. The van der Waals surface area contributed by atoms with Crippen molar-refractivity contribution >= 4 is 23.2 Å². The lowest BCUT2D eigenvalue weighted by molar-refractivity contribution is 0.0322. The highest BCUT2D eigenvalue weighted by atomic mass is 35.5. The second-order valence-electron chi connectivity index (χ2n) is 6.07. The van der Waals surface area contributed by atoms with Gasteiger partial charge in [0, 0.05) is 30.6 Å². The normalized spacial score (nSPS) is 25.9. The highest BCUT2D eigenvalue weighted by Crippen LogP contribution is 2.38. The number of benzene rings is 1. The fraction of sp³-hybridized carbons (Fsp3) is 0.556. The van der Waals surface area contributed by atoms with Crippen molar-refractivity contribution in [3.63, 3.8) is 0 Å². The van der Waals surface area contributed by atoms with Crippen molar-refractivity contribution in [2.24, 2.45) is 0 Å². The summed E-state index contributed by atoms with van der Waals surface area (Å²) < 4.78 is 11.2. The molecule has 2 atom stereocenters. The fourth-order valence-corrected chi connectivity index (χ4v) is 3.79. The van der Waals surface area contributed by atoms with Gasteiger partial charge < -0.3 is 9.47 Å². The molecule has 1 aliphatic carbocycles. The van der Waals surface area contributed by atoms with Crippen molar-refractivity contribution in [3.05, 3.63) is 40.9 Å². The van der Waals surface area contributed by atoms with Gasteiger partial charge in [0.25, 0.3) is 0 Å². The second kappa shape index (κ2) is 8.39. The maximum atomic E-state index is 6.35. The summed E-state index contributed by atoms with van der Waals surface area (Å²) in [6, 6.07) is 8.29. The van der Waals surface area contributed by atoms with Crippen LogP contribution in [0.15, 0.2) is 35.4 Å². The van der Waals surface area contributed by atoms with Gasteiger partial charge in [-0.1, -0.05) is 29.8 Å². The van der Waals surface area contributed by atoms with E-state index in [1.807, 2.05) is 18.2 Å². The van der Waals surface area contributed by atoms with E-state index in [4.69, 9.17) is 32.7 Å². The first-order valence-corrected chi connectivity index (χ1v) is 9.08. The maximum absolute atomic E-state index is 6.35. The molecule has 0 spiro atoms. The number of morpholine rings is 1. The van der Waals surface area contributed by atoms with Gasteiger partial charge in [-0.25, -0.2) is 0 Å². The van der Waals surface area contributed by atoms with Crippen LogP contribution in [0, 0.1) is 0 Å². The topological polar surface area (TPSA) is 21.7 Å². The predicted molar refractivity (Wildman–Crippen MR) is 94.7 cm³/mol. The summed E-state index contributed by atoms with van der Waals surface area (Å²) >= 11 is 12.5. The minimum absolute atomic E-state index is 0.0709. The Bertz CT molecular complexity index is 526. The van der Waals surface area contributed by atoms with Gasteiger partial charge in [0.2, 0.25) is 0 Å². The number of ether oxygens (including phenoxy) is 2. The number of halogens is 2. The Hall–Kier alpha value is -0.740. The van der Waals surface area contributed by atoms with Crippen LogP contribution in [0.3, 0.4) is 0 Å². The lowest BCUT2D eigenvalue weighted by Crippen LogP contribution is -2.38. The molecule has 1 heterocycles. The molecule has 1 fully saturated rings. The molecule has 0 saturated carbocycles. The molecule has 0 amide bonds. The first-order valence-electron chi connectivity index (χ1n) is 8.26. The average Bonchev–Trinajstić information content (AvgIpc) is 2.57. The molecule has 2 aliphatic rings. The minimum Gasteiger partial charge on any atom is -0.492 e. The van der Waals surface area contributed by atoms with Crippen molar-refractivity contribution in [1.82, 2.24) is 4.90 Å². The Morgan fingerprint density at radius 1 is 1.13 bits per heavy atom. The number of hydrogen-bond donors (Lipinski definition) is 0. The standard InChI is InChI=1S/C18H23Cl2NO2/c19-15-3-6-17(18(20)13-15)14-1-4-16(5-2-14)23-12-9-21-7-10-22-11-8-21/h1-2,4-5,13,15,17H,3,6-12H2. The van der Waals surface area contributed by atoms with Gasteiger partial charge in [-0.05, 0) is 30.5 Å². The van der Waals surface area contributed by atoms with Crippen molar-refractivity contribution in [1.29, 1.82) is 0 Å². The van der Waals surface area contributed by atoms with Crippen LogP contribution in [-0.4, -0.2) is 49.7 Å². The lowest BCUT2D eigenvalue weighted by Gasteiger charge is -2.26. The number of allylic oxidation sites excluding steroid dienone is 2. The Labute approximate surface area is 148 Å². The average molecular weight is 356 g/mol. The zero-order chi connectivity index (χ0) is 16.1. The molecule has 1 aromatic rings. The summed E-state index contributed by atoms with van der Waals surface area (Å²) in [6.45, 7) is 5.30. The third kappa shape index (κ3) is 4.87. The molecule has 3 nitrogen and oxygen atoms in total. The van der Waals surface area contributed by atoms with Crippen LogP contribution < -0.4 is 4.74 Å². The first-order chi connectivity index (χ1) is 11.2. The Morgan fingerprint density at radius 3 is 2.57 bits per heavy atom. The molecule has 126 valence electrons. The number of hydrogen-bond acceptors (Lipinski definition) is 3. The Morgan fingerprint density at radius 2 is 1.87 bits per heavy atom. The first kappa shape index (κ1) is 17.1. The van der Waals surface area contributed by atoms with Crippen LogP contribution in [0.4, 0.5) is 0 Å². The van der Waals surface area contributed by atoms with E-state index in [1.54, 1.807) is 0 Å². The van der Waals surface area contributed by atoms with Crippen LogP contribution in [0.5, 0.6) is 5.75 Å². The van der Waals surface area contributed by atoms with Crippen molar-refractivity contribution in [2.45, 2.75) is 24.1 Å². The van der Waals surface area contributed by atoms with Crippen LogP contribution in [0.1, 0.15) is 24.3 Å². The van der Waals surface area contributed by atoms with E-state index < -0.39 is 0 Å². The van der Waals surface area contributed by atoms with Gasteiger partial charge in [0.05, 0.1) is 18.6 Å². The van der Waals surface area contributed by atoms with Gasteiger partial charge in [-0.3, -0.25) is 4.90 Å². The van der Waals surface area contributed by atoms with E-state index >= 15 is 0 Å². The zero-order valence-electron chi connectivity index (χ0n) is 13.2. The molecule has 2 unspecified atom stereocenters. The Kier molecular flexibility index (Phi) is 6.23. The van der Waals surface area contributed by atoms with E-state index in [9.17, 15) is 0 Å². The summed E-state index contributed by atoms with van der Waals surface area (Å²) in [5.74, 6) is 1.18. The predicted octanol–water partition coefficient (Wildman–Crippen LogP) is 4.01. The van der Waals surface area contributed by atoms with Crippen LogP contribution in [0.2, 0.25) is 0 Å². The molecule has 1 aliphatic heterocycles. The monoisotopic (exact) mass is 355 g/mol. The third-order valence-electron chi connectivity index (χ3n) is 4.47. The highest BCUT2D eigenvalue weighted by Gasteiger charge is 2.22. The van der Waals surface area contributed by atoms with Gasteiger partial charge >= 0.3 is 0 Å². The molecule has 5 heteroatoms. The lowest BCUT2D eigenvalue weighted by atomic mass is 9.89. The summed E-state index contributed by atoms with van der Waals surface area (Å²) in [5, 5.41) is 0.929. The van der Waals surface area contributed by atoms with E-state index in [-0.39, 0.29) is 11.3 Å². The van der Waals surface area contributed by atoms with Crippen LogP contribution in [0.25, 0.3) is 0 Å². The van der Waals surface area contributed by atoms with Crippen molar-refractivity contribution in [2.75, 3.05) is 39.5 Å². The smallest absolute Gasteiger partial charge is 0.119 e. The van der Waals surface area contributed by atoms with Crippen molar-refractivity contribution in [3.8, 4) is 5.75 Å². The largest absolute Gasteiger partial charge is 0.492 e. The molecule has 0 bridgehead atoms. The van der Waals surface area contributed by atoms with E-state index in [0.717, 1.165) is 56.5 Å². The summed E-state index contributed by atoms with van der Waals surface area (Å²) in [4.78, 5) is 2.37. The number of rotatable bonds is 5. The van der Waals surface area contributed by atoms with Gasteiger partial charge in [-0.15, -0.1) is 11.6 Å². The van der Waals surface area contributed by atoms with Gasteiger partial charge in [0.1, 0.15) is 12.4 Å². The molecule has 1 saturated heterocycles. The van der Waals surface area contributed by atoms with E-state index in [1.165, 1.54) is 5.56 Å². The SMILES string of the molecule is ClC1=CC(Cl)CCC1c1ccc(OCCN2CCOCC2)cc1. The molecule has 0 aromatic heterocycles. The molecule has 3 rings (SSSR count). The number of alkyl halides is 1. The minimum atomic E-state index is 0.0709. The Balaban J connectivity index is 1.50. The molecule has 1 aromatic carbocycles. The van der Waals surface area contributed by atoms with Crippen LogP contribution >= 0.6 is 23.2 Å². The summed E-state index contributed by atoms with van der Waals surface area (Å²) in [5.41, 5.74) is 1.23. The maximum Gasteiger partial charge on any atom is 0.119 e. The van der Waals surface area contributed by atoms with E-state index in [0.29, 0.717) is 6.61 Å². The number of nitrogens with zero attached hydrogens (tertiary/aromatic N) is 1. The summed E-state index contributed by atoms with van der Waals surface area (Å²) in [7, 11) is 0. The van der Waals surface area contributed by atoms with E-state index in [2.05, 4.69) is 17.0 Å². The second-order valence-corrected chi connectivity index (χ2v) is 7.07. The van der Waals surface area contributed by atoms with Gasteiger partial charge in [-0.2, -0.15) is 0 Å². The fourth-order valence-electron chi connectivity index (χ4n) is 3.08. The molecule has 0 N–H and O–H groups in total. The zero-order valence-corrected chi connectivity index (χ0v) is 14.7. The molecule has 23 heavy (non-hydrogen) atoms. The molecule has 0 radical (unpaired) electrons. The van der Waals surface area contributed by atoms with Gasteiger partial charge in [0.15, 0.2) is 0 Å². The molecular formula is C18H23Cl2NO2. The van der Waals surface area contributed by atoms with Crippen LogP contribution in [-0.2, 0) is 4.74 Å². The highest BCUT2D eigenvalue weighted by molar-refractivity contribution is 6.31. The third-order valence-corrected chi connectivity index (χ3v) is 5.20. The van der Waals surface area contributed by atoms with Crippen molar-refractivity contribution < 1.29 is 9.47 Å². The molecular weight excluding hydrogens is 333 g/mol.